The SMILES string of the molecule is Cc1nc(N)cc(Nc2ccc(Cl)c3cccnc23)n1. The topological polar surface area (TPSA) is 76.7 Å². The van der Waals surface area contributed by atoms with E-state index in [1.165, 1.54) is 0 Å². The van der Waals surface area contributed by atoms with Crippen molar-refractivity contribution >= 4 is 39.8 Å². The summed E-state index contributed by atoms with van der Waals surface area (Å²) in [6, 6.07) is 9.15. The maximum Gasteiger partial charge on any atom is 0.136 e. The predicted molar refractivity (Wildman–Crippen MR) is 81.2 cm³/mol. The molecule has 2 heterocycles. The van der Waals surface area contributed by atoms with Gasteiger partial charge in [-0.05, 0) is 31.2 Å². The van der Waals surface area contributed by atoms with E-state index in [0.717, 1.165) is 16.6 Å². The maximum atomic E-state index is 6.17. The van der Waals surface area contributed by atoms with Gasteiger partial charge in [0.05, 0.1) is 16.2 Å². The van der Waals surface area contributed by atoms with E-state index >= 15 is 0 Å². The lowest BCUT2D eigenvalue weighted by Crippen LogP contribution is -2.01. The van der Waals surface area contributed by atoms with E-state index < -0.39 is 0 Å². The molecule has 6 heteroatoms. The van der Waals surface area contributed by atoms with Gasteiger partial charge in [-0.3, -0.25) is 4.98 Å². The van der Waals surface area contributed by atoms with Gasteiger partial charge in [0.2, 0.25) is 0 Å². The largest absolute Gasteiger partial charge is 0.384 e. The van der Waals surface area contributed by atoms with Crippen molar-refractivity contribution in [2.45, 2.75) is 6.92 Å². The van der Waals surface area contributed by atoms with Crippen LogP contribution in [0.3, 0.4) is 0 Å². The number of anilines is 3. The van der Waals surface area contributed by atoms with Gasteiger partial charge in [-0.1, -0.05) is 11.6 Å². The van der Waals surface area contributed by atoms with Gasteiger partial charge in [0, 0.05) is 17.6 Å². The van der Waals surface area contributed by atoms with Crippen LogP contribution < -0.4 is 11.1 Å². The summed E-state index contributed by atoms with van der Waals surface area (Å²) >= 11 is 6.17. The van der Waals surface area contributed by atoms with Crippen molar-refractivity contribution in [3.63, 3.8) is 0 Å². The van der Waals surface area contributed by atoms with Gasteiger partial charge in [0.25, 0.3) is 0 Å². The van der Waals surface area contributed by atoms with Crippen molar-refractivity contribution < 1.29 is 0 Å². The summed E-state index contributed by atoms with van der Waals surface area (Å²) in [5.41, 5.74) is 7.33. The first-order valence-electron chi connectivity index (χ1n) is 6.05. The summed E-state index contributed by atoms with van der Waals surface area (Å²) in [5, 5.41) is 4.75. The monoisotopic (exact) mass is 285 g/mol. The molecule has 0 saturated carbocycles. The lowest BCUT2D eigenvalue weighted by molar-refractivity contribution is 1.06. The molecule has 100 valence electrons. The van der Waals surface area contributed by atoms with Gasteiger partial charge in [-0.25, -0.2) is 9.97 Å². The summed E-state index contributed by atoms with van der Waals surface area (Å²) in [6.45, 7) is 1.79. The van der Waals surface area contributed by atoms with Crippen molar-refractivity contribution in [3.05, 3.63) is 47.4 Å². The highest BCUT2D eigenvalue weighted by Crippen LogP contribution is 2.29. The van der Waals surface area contributed by atoms with Crippen molar-refractivity contribution in [3.8, 4) is 0 Å². The predicted octanol–water partition coefficient (Wildman–Crippen LogP) is 3.31. The third-order valence-corrected chi connectivity index (χ3v) is 3.17. The molecule has 2 aromatic heterocycles. The van der Waals surface area contributed by atoms with Crippen molar-refractivity contribution in [2.24, 2.45) is 0 Å². The normalized spacial score (nSPS) is 10.7. The lowest BCUT2D eigenvalue weighted by atomic mass is 10.2. The Bertz CT molecular complexity index is 767. The summed E-state index contributed by atoms with van der Waals surface area (Å²) in [7, 11) is 0. The fourth-order valence-corrected chi connectivity index (χ4v) is 2.25. The minimum Gasteiger partial charge on any atom is -0.384 e. The molecule has 0 saturated heterocycles. The lowest BCUT2D eigenvalue weighted by Gasteiger charge is -2.10. The molecule has 0 fully saturated rings. The quantitative estimate of drug-likeness (QED) is 0.755. The number of aromatic nitrogens is 3. The second kappa shape index (κ2) is 4.94. The number of benzene rings is 1. The highest BCUT2D eigenvalue weighted by molar-refractivity contribution is 6.35. The summed E-state index contributed by atoms with van der Waals surface area (Å²) in [6.07, 6.45) is 1.73. The summed E-state index contributed by atoms with van der Waals surface area (Å²) < 4.78 is 0. The number of hydrogen-bond donors (Lipinski definition) is 2. The number of rotatable bonds is 2. The first kappa shape index (κ1) is 12.6. The highest BCUT2D eigenvalue weighted by Gasteiger charge is 2.07. The maximum absolute atomic E-state index is 6.17. The molecule has 0 unspecified atom stereocenters. The van der Waals surface area contributed by atoms with E-state index in [4.69, 9.17) is 17.3 Å². The molecular weight excluding hydrogens is 274 g/mol. The number of nitrogen functional groups attached to an aromatic ring is 1. The number of pyridine rings is 1. The molecule has 0 spiro atoms. The Morgan fingerprint density at radius 1 is 1.20 bits per heavy atom. The Labute approximate surface area is 120 Å². The molecular formula is C14H12ClN5. The van der Waals surface area contributed by atoms with E-state index in [2.05, 4.69) is 20.3 Å². The number of nitrogens with zero attached hydrogens (tertiary/aromatic N) is 3. The number of halogens is 1. The number of aryl methyl sites for hydroxylation is 1. The van der Waals surface area contributed by atoms with Gasteiger partial charge in [0.1, 0.15) is 17.5 Å². The fourth-order valence-electron chi connectivity index (χ4n) is 2.03. The van der Waals surface area contributed by atoms with Gasteiger partial charge < -0.3 is 11.1 Å². The third kappa shape index (κ3) is 2.35. The first-order chi connectivity index (χ1) is 9.63. The zero-order valence-electron chi connectivity index (χ0n) is 10.8. The van der Waals surface area contributed by atoms with Crippen LogP contribution in [0.4, 0.5) is 17.3 Å². The summed E-state index contributed by atoms with van der Waals surface area (Å²) in [5.74, 6) is 1.66. The molecule has 0 aliphatic rings. The number of nitrogens with one attached hydrogen (secondary N) is 1. The zero-order chi connectivity index (χ0) is 14.1. The van der Waals surface area contributed by atoms with E-state index in [1.54, 1.807) is 19.2 Å². The van der Waals surface area contributed by atoms with E-state index in [1.807, 2.05) is 24.3 Å². The second-order valence-corrected chi connectivity index (χ2v) is 4.75. The van der Waals surface area contributed by atoms with Crippen LogP contribution in [-0.4, -0.2) is 15.0 Å². The smallest absolute Gasteiger partial charge is 0.136 e. The van der Waals surface area contributed by atoms with Gasteiger partial charge in [0.15, 0.2) is 0 Å². The number of nitrogens with two attached hydrogens (primary N) is 1. The summed E-state index contributed by atoms with van der Waals surface area (Å²) in [4.78, 5) is 12.7. The van der Waals surface area contributed by atoms with Crippen LogP contribution in [-0.2, 0) is 0 Å². The molecule has 0 radical (unpaired) electrons. The molecule has 3 N–H and O–H groups in total. The van der Waals surface area contributed by atoms with Crippen LogP contribution in [0, 0.1) is 6.92 Å². The Balaban J connectivity index is 2.09. The highest BCUT2D eigenvalue weighted by atomic mass is 35.5. The Morgan fingerprint density at radius 2 is 2.05 bits per heavy atom. The average Bonchev–Trinajstić information content (AvgIpc) is 2.41. The van der Waals surface area contributed by atoms with Crippen LogP contribution in [0.5, 0.6) is 0 Å². The molecule has 1 aromatic carbocycles. The van der Waals surface area contributed by atoms with Crippen LogP contribution in [0.1, 0.15) is 5.82 Å². The van der Waals surface area contributed by atoms with Crippen LogP contribution in [0.15, 0.2) is 36.5 Å². The average molecular weight is 286 g/mol. The second-order valence-electron chi connectivity index (χ2n) is 4.34. The fraction of sp³-hybridized carbons (Fsp3) is 0.0714. The third-order valence-electron chi connectivity index (χ3n) is 2.84. The van der Waals surface area contributed by atoms with Crippen LogP contribution in [0.2, 0.25) is 5.02 Å². The van der Waals surface area contributed by atoms with Gasteiger partial charge in [-0.15, -0.1) is 0 Å². The number of hydrogen-bond acceptors (Lipinski definition) is 5. The van der Waals surface area contributed by atoms with Crippen molar-refractivity contribution in [1.82, 2.24) is 15.0 Å². The van der Waals surface area contributed by atoms with Crippen molar-refractivity contribution in [1.29, 1.82) is 0 Å². The van der Waals surface area contributed by atoms with Gasteiger partial charge in [-0.2, -0.15) is 0 Å². The van der Waals surface area contributed by atoms with Gasteiger partial charge >= 0.3 is 0 Å². The van der Waals surface area contributed by atoms with Crippen LogP contribution in [0.25, 0.3) is 10.9 Å². The molecule has 5 nitrogen and oxygen atoms in total. The Kier molecular flexibility index (Phi) is 3.12. The molecule has 0 amide bonds. The standard InChI is InChI=1S/C14H12ClN5/c1-8-18-12(16)7-13(19-8)20-11-5-4-10(15)9-3-2-6-17-14(9)11/h2-7H,1H3,(H3,16,18,19,20). The molecule has 3 aromatic rings. The van der Waals surface area contributed by atoms with E-state index in [-0.39, 0.29) is 0 Å². The molecule has 0 aliphatic heterocycles. The first-order valence-corrected chi connectivity index (χ1v) is 6.43. The van der Waals surface area contributed by atoms with Crippen molar-refractivity contribution in [2.75, 3.05) is 11.1 Å². The molecule has 0 aliphatic carbocycles. The minimum absolute atomic E-state index is 0.422. The molecule has 3 rings (SSSR count). The Morgan fingerprint density at radius 3 is 2.85 bits per heavy atom. The Hall–Kier alpha value is -2.40. The van der Waals surface area contributed by atoms with Crippen LogP contribution >= 0.6 is 11.6 Å². The molecule has 0 bridgehead atoms. The zero-order valence-corrected chi connectivity index (χ0v) is 11.5. The minimum atomic E-state index is 0.422. The number of fused-ring (bicyclic) bond motifs is 1. The molecule has 20 heavy (non-hydrogen) atoms. The van der Waals surface area contributed by atoms with E-state index in [9.17, 15) is 0 Å². The van der Waals surface area contributed by atoms with E-state index in [0.29, 0.717) is 22.5 Å². The molecule has 0 atom stereocenters.